The van der Waals surface area contributed by atoms with Crippen LogP contribution in [0.1, 0.15) is 11.3 Å². The molecule has 0 aliphatic heterocycles. The van der Waals surface area contributed by atoms with E-state index in [1.165, 1.54) is 0 Å². The third-order valence-electron chi connectivity index (χ3n) is 2.74. The summed E-state index contributed by atoms with van der Waals surface area (Å²) in [5.41, 5.74) is 2.76. The number of aliphatic hydroxyl groups excluding tert-OH is 1. The molecule has 5 nitrogen and oxygen atoms in total. The van der Waals surface area contributed by atoms with Crippen LogP contribution in [0.15, 0.2) is 12.3 Å². The molecule has 0 saturated heterocycles. The zero-order valence-corrected chi connectivity index (χ0v) is 11.3. The molecule has 1 rings (SSSR count). The fraction of sp³-hybridized carbons (Fsp3) is 0.615. The number of pyridine rings is 1. The molecular formula is C13H22N2O3. The predicted octanol–water partition coefficient (Wildman–Crippen LogP) is 0.982. The molecule has 0 atom stereocenters. The van der Waals surface area contributed by atoms with Crippen LogP contribution in [0, 0.1) is 6.92 Å². The molecule has 0 amide bonds. The number of nitrogens with zero attached hydrogens (tertiary/aromatic N) is 2. The summed E-state index contributed by atoms with van der Waals surface area (Å²) in [7, 11) is 3.36. The van der Waals surface area contributed by atoms with E-state index in [2.05, 4.69) is 9.88 Å². The van der Waals surface area contributed by atoms with Gasteiger partial charge in [-0.1, -0.05) is 0 Å². The molecule has 1 heterocycles. The third kappa shape index (κ3) is 4.25. The van der Waals surface area contributed by atoms with E-state index in [1.807, 2.05) is 13.0 Å². The second-order valence-corrected chi connectivity index (χ2v) is 4.09. The lowest BCUT2D eigenvalue weighted by Crippen LogP contribution is -2.31. The van der Waals surface area contributed by atoms with Crippen molar-refractivity contribution in [2.75, 3.05) is 45.4 Å². The molecule has 0 spiro atoms. The van der Waals surface area contributed by atoms with Gasteiger partial charge in [-0.2, -0.15) is 0 Å². The van der Waals surface area contributed by atoms with Crippen molar-refractivity contribution in [3.8, 4) is 0 Å². The molecule has 5 heteroatoms. The summed E-state index contributed by atoms with van der Waals surface area (Å²) in [4.78, 5) is 6.35. The van der Waals surface area contributed by atoms with Gasteiger partial charge in [0.2, 0.25) is 0 Å². The first-order valence-electron chi connectivity index (χ1n) is 6.02. The van der Waals surface area contributed by atoms with Crippen LogP contribution >= 0.6 is 0 Å². The lowest BCUT2D eigenvalue weighted by molar-refractivity contribution is 0.190. The van der Waals surface area contributed by atoms with Crippen molar-refractivity contribution in [1.82, 2.24) is 4.98 Å². The van der Waals surface area contributed by atoms with Gasteiger partial charge in [0.25, 0.3) is 0 Å². The second kappa shape index (κ2) is 8.02. The highest BCUT2D eigenvalue weighted by molar-refractivity contribution is 5.53. The molecule has 0 bridgehead atoms. The molecule has 1 aromatic rings. The van der Waals surface area contributed by atoms with Crippen LogP contribution in [0.4, 0.5) is 5.69 Å². The monoisotopic (exact) mass is 254 g/mol. The van der Waals surface area contributed by atoms with Crippen molar-refractivity contribution in [1.29, 1.82) is 0 Å². The van der Waals surface area contributed by atoms with Gasteiger partial charge in [-0.05, 0) is 13.0 Å². The van der Waals surface area contributed by atoms with Crippen LogP contribution in [0.25, 0.3) is 0 Å². The van der Waals surface area contributed by atoms with E-state index >= 15 is 0 Å². The molecule has 0 aromatic carbocycles. The standard InChI is InChI=1S/C13H22N2O3/c1-11-8-13(12(10-16)9-14-11)15(4-6-17-2)5-7-18-3/h8-9,16H,4-7,10H2,1-3H3. The Kier molecular flexibility index (Phi) is 6.64. The highest BCUT2D eigenvalue weighted by Crippen LogP contribution is 2.20. The topological polar surface area (TPSA) is 54.8 Å². The number of methoxy groups -OCH3 is 2. The first-order chi connectivity index (χ1) is 8.72. The van der Waals surface area contributed by atoms with Gasteiger partial charge in [-0.25, -0.2) is 0 Å². The highest BCUT2D eigenvalue weighted by Gasteiger charge is 2.11. The van der Waals surface area contributed by atoms with Crippen LogP contribution in [-0.4, -0.2) is 50.6 Å². The van der Waals surface area contributed by atoms with Crippen LogP contribution in [0.5, 0.6) is 0 Å². The SMILES string of the molecule is COCCN(CCOC)c1cc(C)ncc1CO. The third-order valence-corrected chi connectivity index (χ3v) is 2.74. The minimum atomic E-state index is -0.0148. The Labute approximate surface area is 108 Å². The molecule has 0 saturated carbocycles. The largest absolute Gasteiger partial charge is 0.392 e. The molecule has 1 aromatic heterocycles. The first kappa shape index (κ1) is 14.9. The predicted molar refractivity (Wildman–Crippen MR) is 70.9 cm³/mol. The van der Waals surface area contributed by atoms with Crippen LogP contribution in [0.2, 0.25) is 0 Å². The van der Waals surface area contributed by atoms with Gasteiger partial charge in [0.15, 0.2) is 0 Å². The average Bonchev–Trinajstić information content (AvgIpc) is 2.39. The normalized spacial score (nSPS) is 10.7. The summed E-state index contributed by atoms with van der Waals surface area (Å²) < 4.78 is 10.2. The van der Waals surface area contributed by atoms with Crippen molar-refractivity contribution < 1.29 is 14.6 Å². The average molecular weight is 254 g/mol. The second-order valence-electron chi connectivity index (χ2n) is 4.09. The smallest absolute Gasteiger partial charge is 0.0717 e. The Morgan fingerprint density at radius 2 is 1.83 bits per heavy atom. The van der Waals surface area contributed by atoms with Gasteiger partial charge in [0.1, 0.15) is 0 Å². The maximum Gasteiger partial charge on any atom is 0.0717 e. The Balaban J connectivity index is 2.90. The lowest BCUT2D eigenvalue weighted by atomic mass is 10.2. The fourth-order valence-electron chi connectivity index (χ4n) is 1.75. The maximum absolute atomic E-state index is 9.38. The van der Waals surface area contributed by atoms with Crippen molar-refractivity contribution in [3.05, 3.63) is 23.5 Å². The molecular weight excluding hydrogens is 232 g/mol. The van der Waals surface area contributed by atoms with Crippen molar-refractivity contribution in [3.63, 3.8) is 0 Å². The summed E-state index contributed by atoms with van der Waals surface area (Å²) in [5, 5.41) is 9.38. The summed E-state index contributed by atoms with van der Waals surface area (Å²) >= 11 is 0. The fourth-order valence-corrected chi connectivity index (χ4v) is 1.75. The van der Waals surface area contributed by atoms with E-state index in [-0.39, 0.29) is 6.61 Å². The number of hydrogen-bond acceptors (Lipinski definition) is 5. The molecule has 0 radical (unpaired) electrons. The van der Waals surface area contributed by atoms with E-state index < -0.39 is 0 Å². The molecule has 0 aliphatic carbocycles. The van der Waals surface area contributed by atoms with Gasteiger partial charge in [0, 0.05) is 50.5 Å². The van der Waals surface area contributed by atoms with Crippen LogP contribution < -0.4 is 4.90 Å². The summed E-state index contributed by atoms with van der Waals surface area (Å²) in [6, 6.07) is 1.98. The summed E-state index contributed by atoms with van der Waals surface area (Å²) in [6.07, 6.45) is 1.72. The maximum atomic E-state index is 9.38. The van der Waals surface area contributed by atoms with Crippen molar-refractivity contribution >= 4 is 5.69 Å². The first-order valence-corrected chi connectivity index (χ1v) is 6.02. The van der Waals surface area contributed by atoms with Gasteiger partial charge < -0.3 is 19.5 Å². The van der Waals surface area contributed by atoms with E-state index in [0.717, 1.165) is 30.0 Å². The Hall–Kier alpha value is -1.17. The molecule has 102 valence electrons. The molecule has 0 aliphatic rings. The Morgan fingerprint density at radius 1 is 1.22 bits per heavy atom. The highest BCUT2D eigenvalue weighted by atomic mass is 16.5. The van der Waals surface area contributed by atoms with Gasteiger partial charge in [0.05, 0.1) is 19.8 Å². The zero-order chi connectivity index (χ0) is 13.4. The van der Waals surface area contributed by atoms with E-state index in [1.54, 1.807) is 20.4 Å². The molecule has 0 unspecified atom stereocenters. The van der Waals surface area contributed by atoms with Gasteiger partial charge >= 0.3 is 0 Å². The van der Waals surface area contributed by atoms with Gasteiger partial charge in [-0.15, -0.1) is 0 Å². The van der Waals surface area contributed by atoms with Crippen LogP contribution in [0.3, 0.4) is 0 Å². The van der Waals surface area contributed by atoms with Crippen molar-refractivity contribution in [2.24, 2.45) is 0 Å². The number of hydrogen-bond donors (Lipinski definition) is 1. The zero-order valence-electron chi connectivity index (χ0n) is 11.3. The lowest BCUT2D eigenvalue weighted by Gasteiger charge is -2.26. The number of aromatic nitrogens is 1. The molecule has 1 N–H and O–H groups in total. The molecule has 18 heavy (non-hydrogen) atoms. The van der Waals surface area contributed by atoms with E-state index in [4.69, 9.17) is 9.47 Å². The Bertz CT molecular complexity index is 350. The number of anilines is 1. The number of rotatable bonds is 8. The number of ether oxygens (including phenoxy) is 2. The number of aryl methyl sites for hydroxylation is 1. The van der Waals surface area contributed by atoms with Gasteiger partial charge in [-0.3, -0.25) is 4.98 Å². The number of aliphatic hydroxyl groups is 1. The van der Waals surface area contributed by atoms with Crippen molar-refractivity contribution in [2.45, 2.75) is 13.5 Å². The van der Waals surface area contributed by atoms with Crippen LogP contribution in [-0.2, 0) is 16.1 Å². The Morgan fingerprint density at radius 3 is 2.33 bits per heavy atom. The minimum Gasteiger partial charge on any atom is -0.392 e. The summed E-state index contributed by atoms with van der Waals surface area (Å²) in [6.45, 7) is 4.72. The minimum absolute atomic E-state index is 0.0148. The molecule has 0 fully saturated rings. The van der Waals surface area contributed by atoms with E-state index in [9.17, 15) is 5.11 Å². The quantitative estimate of drug-likeness (QED) is 0.749. The van der Waals surface area contributed by atoms with E-state index in [0.29, 0.717) is 13.2 Å². The summed E-state index contributed by atoms with van der Waals surface area (Å²) in [5.74, 6) is 0.